The van der Waals surface area contributed by atoms with E-state index in [4.69, 9.17) is 10.5 Å². The van der Waals surface area contributed by atoms with Crippen LogP contribution in [0.15, 0.2) is 18.2 Å². The number of nitrogens with zero attached hydrogens (tertiary/aromatic N) is 1. The Morgan fingerprint density at radius 2 is 1.72 bits per heavy atom. The molecule has 0 radical (unpaired) electrons. The zero-order valence-electron chi connectivity index (χ0n) is 22.0. The zero-order chi connectivity index (χ0) is 28.5. The first-order valence-electron chi connectivity index (χ1n) is 13.2. The van der Waals surface area contributed by atoms with E-state index in [0.717, 1.165) is 12.8 Å². The number of carbonyl (C=O) groups excluding carboxylic acids is 6. The molecule has 8 atom stereocenters. The average Bonchev–Trinajstić information content (AvgIpc) is 3.41. The molecule has 3 saturated carbocycles. The number of benzene rings is 1. The molecule has 11 heteroatoms. The molecule has 4 N–H and O–H groups in total. The second-order valence-electron chi connectivity index (χ2n) is 11.5. The number of phenolic OH excluding ortho intramolecular Hbond substituents is 1. The Morgan fingerprint density at radius 3 is 2.31 bits per heavy atom. The highest BCUT2D eigenvalue weighted by Gasteiger charge is 2.74. The van der Waals surface area contributed by atoms with Crippen LogP contribution < -0.4 is 5.73 Å². The van der Waals surface area contributed by atoms with Gasteiger partial charge in [-0.05, 0) is 44.5 Å². The second kappa shape index (κ2) is 9.34. The number of hydrogen-bond acceptors (Lipinski definition) is 10. The third-order valence-electron chi connectivity index (χ3n) is 9.27. The van der Waals surface area contributed by atoms with Crippen molar-refractivity contribution in [1.82, 2.24) is 4.90 Å². The Morgan fingerprint density at radius 1 is 1.08 bits per heavy atom. The minimum atomic E-state index is -3.01. The molecule has 4 aliphatic carbocycles. The van der Waals surface area contributed by atoms with E-state index in [2.05, 4.69) is 0 Å². The molecule has 0 heterocycles. The smallest absolute Gasteiger partial charge is 0.309 e. The number of esters is 1. The number of fused-ring (bicyclic) bond motifs is 3. The number of phenols is 1. The first-order valence-corrected chi connectivity index (χ1v) is 13.2. The maximum absolute atomic E-state index is 14.1. The molecule has 1 aromatic carbocycles. The fourth-order valence-electron chi connectivity index (χ4n) is 7.46. The molecule has 0 aliphatic heterocycles. The van der Waals surface area contributed by atoms with Gasteiger partial charge >= 0.3 is 5.97 Å². The first kappa shape index (κ1) is 27.1. The number of aromatic hydroxyl groups is 1. The van der Waals surface area contributed by atoms with E-state index in [-0.39, 0.29) is 11.3 Å². The van der Waals surface area contributed by atoms with E-state index >= 15 is 0 Å². The summed E-state index contributed by atoms with van der Waals surface area (Å²) in [5, 5.41) is 22.5. The number of aliphatic hydroxyl groups is 1. The first-order chi connectivity index (χ1) is 18.3. The number of primary amides is 1. The van der Waals surface area contributed by atoms with Crippen LogP contribution in [-0.2, 0) is 28.7 Å². The quantitative estimate of drug-likeness (QED) is 0.351. The highest BCUT2D eigenvalue weighted by atomic mass is 16.5. The van der Waals surface area contributed by atoms with Gasteiger partial charge in [0.15, 0.2) is 34.7 Å². The predicted molar refractivity (Wildman–Crippen MR) is 133 cm³/mol. The van der Waals surface area contributed by atoms with Crippen LogP contribution in [0.3, 0.4) is 0 Å². The highest BCUT2D eigenvalue weighted by molar-refractivity contribution is 6.32. The maximum Gasteiger partial charge on any atom is 0.309 e. The van der Waals surface area contributed by atoms with Gasteiger partial charge < -0.3 is 20.7 Å². The fourth-order valence-corrected chi connectivity index (χ4v) is 7.46. The van der Waals surface area contributed by atoms with E-state index in [1.54, 1.807) is 19.1 Å². The SMILES string of the molecule is CC1c2cccc(O)c2C(=O)C2C(=O)C3(O)C(=O)C(C(N)=O)C(=O)C(N(C)C)C3C(OC(=O)C3CCCC3)C21. The summed E-state index contributed by atoms with van der Waals surface area (Å²) in [6.07, 6.45) is 1.40. The summed E-state index contributed by atoms with van der Waals surface area (Å²) >= 11 is 0. The number of amides is 1. The van der Waals surface area contributed by atoms with Crippen LogP contribution in [0.1, 0.15) is 54.4 Å². The van der Waals surface area contributed by atoms with Gasteiger partial charge in [0, 0.05) is 5.92 Å². The molecule has 1 amide bonds. The van der Waals surface area contributed by atoms with Crippen LogP contribution in [0.5, 0.6) is 5.75 Å². The monoisotopic (exact) mass is 540 g/mol. The molecular weight excluding hydrogens is 508 g/mol. The topological polar surface area (TPSA) is 181 Å². The van der Waals surface area contributed by atoms with Crippen LogP contribution in [0.25, 0.3) is 0 Å². The van der Waals surface area contributed by atoms with Gasteiger partial charge in [0.05, 0.1) is 29.4 Å². The van der Waals surface area contributed by atoms with Crippen LogP contribution in [-0.4, -0.2) is 82.0 Å². The van der Waals surface area contributed by atoms with Crippen molar-refractivity contribution in [1.29, 1.82) is 0 Å². The van der Waals surface area contributed by atoms with Crippen LogP contribution in [0.2, 0.25) is 0 Å². The molecule has 8 unspecified atom stereocenters. The highest BCUT2D eigenvalue weighted by Crippen LogP contribution is 2.55. The van der Waals surface area contributed by atoms with Gasteiger partial charge in [0.2, 0.25) is 5.91 Å². The number of carbonyl (C=O) groups is 6. The Kier molecular flexibility index (Phi) is 6.50. The third kappa shape index (κ3) is 3.70. The molecule has 1 aromatic rings. The van der Waals surface area contributed by atoms with Gasteiger partial charge in [0.25, 0.3) is 0 Å². The third-order valence-corrected chi connectivity index (χ3v) is 9.27. The van der Waals surface area contributed by atoms with Crippen LogP contribution in [0.4, 0.5) is 0 Å². The molecule has 0 aromatic heterocycles. The predicted octanol–water partition coefficient (Wildman–Crippen LogP) is 0.140. The standard InChI is InChI=1S/C28H32N2O9/c1-11-13-9-6-10-14(31)16(13)21(32)17-15(11)23(39-27(37)12-7-4-5-8-12)19-20(30(2)3)22(33)18(26(29)36)25(35)28(19,38)24(17)34/h6,9-12,15,17-20,23,31,38H,4-5,7-8H2,1-3H3,(H2,29,36). The Hall–Kier alpha value is -3.44. The fraction of sp³-hybridized carbons (Fsp3) is 0.571. The van der Waals surface area contributed by atoms with Crippen molar-refractivity contribution in [3.05, 3.63) is 29.3 Å². The maximum atomic E-state index is 14.1. The number of ether oxygens (including phenoxy) is 1. The van der Waals surface area contributed by atoms with Crippen molar-refractivity contribution in [3.63, 3.8) is 0 Å². The molecule has 0 saturated heterocycles. The number of hydrogen-bond donors (Lipinski definition) is 3. The molecule has 0 spiro atoms. The van der Waals surface area contributed by atoms with Crippen LogP contribution in [0, 0.1) is 29.6 Å². The van der Waals surface area contributed by atoms with Crippen molar-refractivity contribution in [3.8, 4) is 5.75 Å². The van der Waals surface area contributed by atoms with Gasteiger partial charge in [0.1, 0.15) is 11.9 Å². The van der Waals surface area contributed by atoms with Gasteiger partial charge in [-0.1, -0.05) is 31.9 Å². The lowest BCUT2D eigenvalue weighted by molar-refractivity contribution is -0.207. The summed E-state index contributed by atoms with van der Waals surface area (Å²) in [6.45, 7) is 1.71. The molecule has 208 valence electrons. The molecule has 3 fully saturated rings. The van der Waals surface area contributed by atoms with Gasteiger partial charge in [-0.15, -0.1) is 0 Å². The normalized spacial score (nSPS) is 36.4. The van der Waals surface area contributed by atoms with Gasteiger partial charge in [-0.25, -0.2) is 0 Å². The zero-order valence-corrected chi connectivity index (χ0v) is 22.0. The van der Waals surface area contributed by atoms with E-state index in [0.29, 0.717) is 18.4 Å². The molecule has 11 nitrogen and oxygen atoms in total. The van der Waals surface area contributed by atoms with E-state index < -0.39 is 88.3 Å². The Labute approximate surface area is 224 Å². The summed E-state index contributed by atoms with van der Waals surface area (Å²) in [5.41, 5.74) is 2.69. The minimum Gasteiger partial charge on any atom is -0.507 e. The summed E-state index contributed by atoms with van der Waals surface area (Å²) in [4.78, 5) is 82.2. The lowest BCUT2D eigenvalue weighted by atomic mass is 9.49. The molecule has 4 aliphatic rings. The molecule has 39 heavy (non-hydrogen) atoms. The summed E-state index contributed by atoms with van der Waals surface area (Å²) < 4.78 is 6.05. The van der Waals surface area contributed by atoms with Crippen molar-refractivity contribution >= 4 is 35.0 Å². The number of nitrogens with two attached hydrogens (primary N) is 1. The number of likely N-dealkylation sites (N-methyl/N-ethyl adjacent to an activating group) is 1. The van der Waals surface area contributed by atoms with Gasteiger partial charge in [-0.3, -0.25) is 33.7 Å². The van der Waals surface area contributed by atoms with E-state index in [1.807, 2.05) is 0 Å². The second-order valence-corrected chi connectivity index (χ2v) is 11.5. The summed E-state index contributed by atoms with van der Waals surface area (Å²) in [6, 6.07) is 3.07. The van der Waals surface area contributed by atoms with E-state index in [1.165, 1.54) is 25.1 Å². The number of rotatable bonds is 4. The van der Waals surface area contributed by atoms with Crippen molar-refractivity contribution in [2.24, 2.45) is 35.3 Å². The lowest BCUT2D eigenvalue weighted by Crippen LogP contribution is -2.78. The molecule has 5 rings (SSSR count). The van der Waals surface area contributed by atoms with Crippen molar-refractivity contribution in [2.45, 2.75) is 56.3 Å². The van der Waals surface area contributed by atoms with Gasteiger partial charge in [-0.2, -0.15) is 0 Å². The molecule has 0 bridgehead atoms. The van der Waals surface area contributed by atoms with E-state index in [9.17, 15) is 39.0 Å². The number of Topliss-reactive ketones (excluding diaryl/α,β-unsaturated/α-hetero) is 4. The molecular formula is C28H32N2O9. The van der Waals surface area contributed by atoms with Crippen molar-refractivity contribution in [2.75, 3.05) is 14.1 Å². The summed E-state index contributed by atoms with van der Waals surface area (Å²) in [7, 11) is 2.96. The van der Waals surface area contributed by atoms with Crippen molar-refractivity contribution < 1.29 is 43.7 Å². The Balaban J connectivity index is 1.75. The average molecular weight is 541 g/mol. The lowest BCUT2D eigenvalue weighted by Gasteiger charge is -2.56. The van der Waals surface area contributed by atoms with Crippen LogP contribution >= 0.6 is 0 Å². The minimum absolute atomic E-state index is 0.113. The summed E-state index contributed by atoms with van der Waals surface area (Å²) in [5.74, 6) is -14.1. The largest absolute Gasteiger partial charge is 0.507 e. The Bertz CT molecular complexity index is 1300. The number of ketones is 4.